The van der Waals surface area contributed by atoms with Crippen LogP contribution in [-0.2, 0) is 19.6 Å². The molecular weight excluding hydrogens is 330 g/mol. The number of thiophene rings is 1. The van der Waals surface area contributed by atoms with Gasteiger partial charge in [-0.3, -0.25) is 4.79 Å². The second-order valence-electron chi connectivity index (χ2n) is 3.15. The third-order valence-electron chi connectivity index (χ3n) is 1.80. The molecule has 1 heterocycles. The van der Waals surface area contributed by atoms with Crippen LogP contribution >= 0.6 is 27.3 Å². The lowest BCUT2D eigenvalue weighted by Gasteiger charge is -2.12. The minimum Gasteiger partial charge on any atom is -0.465 e. The molecule has 0 saturated heterocycles. The van der Waals surface area contributed by atoms with Gasteiger partial charge in [0.2, 0.25) is 0 Å². The van der Waals surface area contributed by atoms with Gasteiger partial charge in [-0.15, -0.1) is 11.3 Å². The van der Waals surface area contributed by atoms with Crippen molar-refractivity contribution in [3.8, 4) is 0 Å². The SMILES string of the molecule is CCOC(=O)C(C)NS(=O)(=O)c1sccc1Br. The van der Waals surface area contributed by atoms with E-state index in [0.717, 1.165) is 11.3 Å². The van der Waals surface area contributed by atoms with E-state index in [9.17, 15) is 13.2 Å². The van der Waals surface area contributed by atoms with Gasteiger partial charge in [0.1, 0.15) is 10.3 Å². The maximum Gasteiger partial charge on any atom is 0.323 e. The van der Waals surface area contributed by atoms with E-state index in [4.69, 9.17) is 4.74 Å². The molecule has 1 atom stereocenters. The molecule has 8 heteroatoms. The first kappa shape index (κ1) is 14.6. The zero-order chi connectivity index (χ0) is 13.1. The molecule has 0 aliphatic rings. The number of carbonyl (C=O) groups excluding carboxylic acids is 1. The van der Waals surface area contributed by atoms with Crippen LogP contribution in [0.25, 0.3) is 0 Å². The molecule has 0 saturated carbocycles. The molecule has 17 heavy (non-hydrogen) atoms. The lowest BCUT2D eigenvalue weighted by Crippen LogP contribution is -2.39. The zero-order valence-corrected chi connectivity index (χ0v) is 12.5. The van der Waals surface area contributed by atoms with Crippen LogP contribution in [0.5, 0.6) is 0 Å². The van der Waals surface area contributed by atoms with Crippen molar-refractivity contribution in [1.82, 2.24) is 4.72 Å². The van der Waals surface area contributed by atoms with Crippen molar-refractivity contribution < 1.29 is 17.9 Å². The molecule has 0 aliphatic carbocycles. The zero-order valence-electron chi connectivity index (χ0n) is 9.27. The molecule has 96 valence electrons. The summed E-state index contributed by atoms with van der Waals surface area (Å²) in [5, 5.41) is 1.65. The van der Waals surface area contributed by atoms with Crippen LogP contribution in [0.4, 0.5) is 0 Å². The molecule has 1 N–H and O–H groups in total. The second kappa shape index (κ2) is 5.94. The van der Waals surface area contributed by atoms with E-state index in [1.807, 2.05) is 0 Å². The summed E-state index contributed by atoms with van der Waals surface area (Å²) in [6, 6.07) is 0.725. The third-order valence-corrected chi connectivity index (χ3v) is 6.01. The van der Waals surface area contributed by atoms with Gasteiger partial charge in [-0.2, -0.15) is 4.72 Å². The van der Waals surface area contributed by atoms with Crippen LogP contribution in [0.15, 0.2) is 20.1 Å². The summed E-state index contributed by atoms with van der Waals surface area (Å²) >= 11 is 4.21. The summed E-state index contributed by atoms with van der Waals surface area (Å²) in [6.07, 6.45) is 0. The van der Waals surface area contributed by atoms with Crippen LogP contribution in [0, 0.1) is 0 Å². The minimum atomic E-state index is -3.69. The largest absolute Gasteiger partial charge is 0.465 e. The van der Waals surface area contributed by atoms with Crippen molar-refractivity contribution in [3.63, 3.8) is 0 Å². The molecule has 0 amide bonds. The molecule has 1 unspecified atom stereocenters. The Hall–Kier alpha value is -0.440. The number of carbonyl (C=O) groups is 1. The number of hydrogen-bond acceptors (Lipinski definition) is 5. The van der Waals surface area contributed by atoms with E-state index >= 15 is 0 Å². The Balaban J connectivity index is 2.81. The monoisotopic (exact) mass is 341 g/mol. The van der Waals surface area contributed by atoms with Crippen molar-refractivity contribution in [2.45, 2.75) is 24.1 Å². The quantitative estimate of drug-likeness (QED) is 0.828. The normalized spacial score (nSPS) is 13.4. The number of rotatable bonds is 5. The van der Waals surface area contributed by atoms with E-state index in [0.29, 0.717) is 4.47 Å². The molecule has 1 aromatic heterocycles. The number of hydrogen-bond donors (Lipinski definition) is 1. The van der Waals surface area contributed by atoms with Gasteiger partial charge >= 0.3 is 5.97 Å². The van der Waals surface area contributed by atoms with Crippen molar-refractivity contribution in [2.75, 3.05) is 6.61 Å². The molecule has 0 fully saturated rings. The lowest BCUT2D eigenvalue weighted by molar-refractivity contribution is -0.144. The molecule has 1 aromatic rings. The number of ether oxygens (including phenoxy) is 1. The molecule has 0 aromatic carbocycles. The molecule has 5 nitrogen and oxygen atoms in total. The van der Waals surface area contributed by atoms with Gasteiger partial charge in [-0.05, 0) is 41.2 Å². The van der Waals surface area contributed by atoms with Crippen molar-refractivity contribution in [1.29, 1.82) is 0 Å². The Morgan fingerprint density at radius 3 is 2.76 bits per heavy atom. The van der Waals surface area contributed by atoms with Crippen molar-refractivity contribution in [2.24, 2.45) is 0 Å². The molecule has 1 rings (SSSR count). The summed E-state index contributed by atoms with van der Waals surface area (Å²) in [5.74, 6) is -0.594. The van der Waals surface area contributed by atoms with E-state index < -0.39 is 22.0 Å². The Bertz CT molecular complexity index is 497. The maximum atomic E-state index is 11.9. The highest BCUT2D eigenvalue weighted by atomic mass is 79.9. The van der Waals surface area contributed by atoms with E-state index in [-0.39, 0.29) is 10.8 Å². The van der Waals surface area contributed by atoms with Crippen molar-refractivity contribution >= 4 is 43.3 Å². The van der Waals surface area contributed by atoms with Crippen LogP contribution in [0.2, 0.25) is 0 Å². The van der Waals surface area contributed by atoms with E-state index in [2.05, 4.69) is 20.7 Å². The average Bonchev–Trinajstić information content (AvgIpc) is 2.64. The fourth-order valence-corrected chi connectivity index (χ4v) is 4.62. The minimum absolute atomic E-state index is 0.147. The summed E-state index contributed by atoms with van der Waals surface area (Å²) in [6.45, 7) is 3.32. The summed E-state index contributed by atoms with van der Waals surface area (Å²) in [7, 11) is -3.69. The lowest BCUT2D eigenvalue weighted by atomic mass is 10.4. The Morgan fingerprint density at radius 2 is 2.29 bits per heavy atom. The maximum absolute atomic E-state index is 11.9. The second-order valence-corrected chi connectivity index (χ2v) is 6.83. The first-order chi connectivity index (χ1) is 7.88. The Kier molecular flexibility index (Phi) is 5.11. The van der Waals surface area contributed by atoms with Crippen LogP contribution in [-0.4, -0.2) is 27.0 Å². The number of esters is 1. The molecule has 0 aliphatic heterocycles. The predicted molar refractivity (Wildman–Crippen MR) is 68.4 cm³/mol. The molecule has 0 radical (unpaired) electrons. The molecule has 0 spiro atoms. The summed E-state index contributed by atoms with van der Waals surface area (Å²) in [5.41, 5.74) is 0. The van der Waals surface area contributed by atoms with Gasteiger partial charge in [0.05, 0.1) is 6.61 Å². The number of halogens is 1. The third kappa shape index (κ3) is 3.77. The number of sulfonamides is 1. The van der Waals surface area contributed by atoms with Gasteiger partial charge in [0.15, 0.2) is 0 Å². The standard InChI is InChI=1S/C9H12BrNO4S2/c1-3-15-8(12)6(2)11-17(13,14)9-7(10)4-5-16-9/h4-6,11H,3H2,1-2H3. The Morgan fingerprint density at radius 1 is 1.65 bits per heavy atom. The molecular formula is C9H12BrNO4S2. The number of nitrogens with one attached hydrogen (secondary N) is 1. The van der Waals surface area contributed by atoms with Crippen LogP contribution < -0.4 is 4.72 Å². The highest BCUT2D eigenvalue weighted by molar-refractivity contribution is 9.10. The molecule has 0 bridgehead atoms. The highest BCUT2D eigenvalue weighted by Crippen LogP contribution is 2.27. The van der Waals surface area contributed by atoms with Crippen LogP contribution in [0.1, 0.15) is 13.8 Å². The van der Waals surface area contributed by atoms with Gasteiger partial charge in [-0.25, -0.2) is 8.42 Å². The fraction of sp³-hybridized carbons (Fsp3) is 0.444. The van der Waals surface area contributed by atoms with Crippen LogP contribution in [0.3, 0.4) is 0 Å². The van der Waals surface area contributed by atoms with Gasteiger partial charge in [0.25, 0.3) is 10.0 Å². The highest BCUT2D eigenvalue weighted by Gasteiger charge is 2.25. The van der Waals surface area contributed by atoms with E-state index in [1.54, 1.807) is 18.4 Å². The summed E-state index contributed by atoms with van der Waals surface area (Å²) < 4.78 is 31.4. The van der Waals surface area contributed by atoms with E-state index in [1.165, 1.54) is 6.92 Å². The first-order valence-electron chi connectivity index (χ1n) is 4.80. The topological polar surface area (TPSA) is 72.5 Å². The smallest absolute Gasteiger partial charge is 0.323 e. The van der Waals surface area contributed by atoms with Gasteiger partial charge in [0, 0.05) is 4.47 Å². The Labute approximate surface area is 112 Å². The van der Waals surface area contributed by atoms with Crippen molar-refractivity contribution in [3.05, 3.63) is 15.9 Å². The average molecular weight is 342 g/mol. The predicted octanol–water partition coefficient (Wildman–Crippen LogP) is 1.74. The fourth-order valence-electron chi connectivity index (χ4n) is 1.07. The van der Waals surface area contributed by atoms with Gasteiger partial charge < -0.3 is 4.74 Å². The summed E-state index contributed by atoms with van der Waals surface area (Å²) in [4.78, 5) is 11.3. The first-order valence-corrected chi connectivity index (χ1v) is 7.96. The van der Waals surface area contributed by atoms with Gasteiger partial charge in [-0.1, -0.05) is 0 Å².